The summed E-state index contributed by atoms with van der Waals surface area (Å²) in [5.41, 5.74) is 9.20. The molecule has 1 aromatic heterocycles. The van der Waals surface area contributed by atoms with Crippen molar-refractivity contribution in [2.24, 2.45) is 5.92 Å². The van der Waals surface area contributed by atoms with E-state index in [0.29, 0.717) is 30.8 Å². The third kappa shape index (κ3) is 4.02. The fraction of sp³-hybridized carbons (Fsp3) is 0.350. The maximum Gasteiger partial charge on any atom is 0.224 e. The van der Waals surface area contributed by atoms with Gasteiger partial charge in [0.25, 0.3) is 0 Å². The lowest BCUT2D eigenvalue weighted by Gasteiger charge is -2.20. The Morgan fingerprint density at radius 1 is 1.27 bits per heavy atom. The van der Waals surface area contributed by atoms with Gasteiger partial charge in [-0.15, -0.1) is 0 Å². The molecule has 1 unspecified atom stereocenters. The number of benzene rings is 1. The molecule has 2 amide bonds. The Balaban J connectivity index is 1.62. The molecule has 1 aliphatic rings. The van der Waals surface area contributed by atoms with Gasteiger partial charge in [0, 0.05) is 37.8 Å². The van der Waals surface area contributed by atoms with Gasteiger partial charge < -0.3 is 16.0 Å². The van der Waals surface area contributed by atoms with E-state index >= 15 is 0 Å². The normalized spacial score (nSPS) is 17.0. The Kier molecular flexibility index (Phi) is 5.21. The fourth-order valence-electron chi connectivity index (χ4n) is 3.31. The van der Waals surface area contributed by atoms with Gasteiger partial charge in [0.1, 0.15) is 0 Å². The van der Waals surface area contributed by atoms with Crippen LogP contribution >= 0.6 is 0 Å². The molecule has 2 aromatic rings. The second-order valence-electron chi connectivity index (χ2n) is 7.00. The summed E-state index contributed by atoms with van der Waals surface area (Å²) in [6, 6.07) is 9.55. The van der Waals surface area contributed by atoms with Crippen molar-refractivity contribution >= 4 is 23.2 Å². The van der Waals surface area contributed by atoms with Crippen molar-refractivity contribution in [1.82, 2.24) is 9.88 Å². The van der Waals surface area contributed by atoms with Crippen LogP contribution < -0.4 is 11.1 Å². The molecular formula is C20H24N4O2. The van der Waals surface area contributed by atoms with Crippen molar-refractivity contribution in [2.75, 3.05) is 17.6 Å². The molecule has 3 rings (SSSR count). The lowest BCUT2D eigenvalue weighted by molar-refractivity contribution is -0.129. The average molecular weight is 352 g/mol. The number of hydrogen-bond acceptors (Lipinski definition) is 4. The summed E-state index contributed by atoms with van der Waals surface area (Å²) in [6.45, 7) is 4.62. The average Bonchev–Trinajstić information content (AvgIpc) is 2.98. The highest BCUT2D eigenvalue weighted by Crippen LogP contribution is 2.28. The molecule has 1 fully saturated rings. The van der Waals surface area contributed by atoms with Gasteiger partial charge in [0.05, 0.1) is 11.4 Å². The molecule has 0 radical (unpaired) electrons. The largest absolute Gasteiger partial charge is 0.397 e. The first kappa shape index (κ1) is 17.9. The summed E-state index contributed by atoms with van der Waals surface area (Å²) in [5.74, 6) is 0.0676. The zero-order valence-electron chi connectivity index (χ0n) is 15.1. The molecule has 0 spiro atoms. The van der Waals surface area contributed by atoms with Crippen LogP contribution in [0, 0.1) is 5.92 Å². The Hall–Kier alpha value is -2.89. The minimum absolute atomic E-state index is 0.0576. The van der Waals surface area contributed by atoms with Gasteiger partial charge in [-0.3, -0.25) is 14.6 Å². The number of nitrogens with one attached hydrogen (secondary N) is 1. The van der Waals surface area contributed by atoms with Crippen molar-refractivity contribution in [3.63, 3.8) is 0 Å². The Morgan fingerprint density at radius 2 is 2.00 bits per heavy atom. The molecule has 1 aromatic carbocycles. The lowest BCUT2D eigenvalue weighted by atomic mass is 10.0. The van der Waals surface area contributed by atoms with E-state index in [0.717, 1.165) is 11.1 Å². The SMILES string of the molecule is CC(C)N1CC(CC(=O)Nc2ccc(-c3ccncc3)cc2N)CC1=O. The van der Waals surface area contributed by atoms with Gasteiger partial charge in [0.15, 0.2) is 0 Å². The standard InChI is InChI=1S/C20H24N4O2/c1-13(2)24-12-14(10-20(24)26)9-19(25)23-18-4-3-16(11-17(18)21)15-5-7-22-8-6-15/h3-8,11,13-14H,9-10,12,21H2,1-2H3,(H,23,25). The van der Waals surface area contributed by atoms with Gasteiger partial charge in [-0.1, -0.05) is 6.07 Å². The Morgan fingerprint density at radius 3 is 2.62 bits per heavy atom. The maximum atomic E-state index is 12.4. The zero-order chi connectivity index (χ0) is 18.7. The topological polar surface area (TPSA) is 88.3 Å². The Labute approximate surface area is 153 Å². The number of aromatic nitrogens is 1. The van der Waals surface area contributed by atoms with Crippen LogP contribution in [0.4, 0.5) is 11.4 Å². The van der Waals surface area contributed by atoms with Gasteiger partial charge in [-0.2, -0.15) is 0 Å². The maximum absolute atomic E-state index is 12.4. The molecule has 0 aliphatic carbocycles. The van der Waals surface area contributed by atoms with Crippen molar-refractivity contribution < 1.29 is 9.59 Å². The highest BCUT2D eigenvalue weighted by Gasteiger charge is 2.32. The van der Waals surface area contributed by atoms with Crippen LogP contribution in [-0.2, 0) is 9.59 Å². The second-order valence-corrected chi connectivity index (χ2v) is 7.00. The number of pyridine rings is 1. The van der Waals surface area contributed by atoms with Crippen LogP contribution in [0.25, 0.3) is 11.1 Å². The number of rotatable bonds is 5. The number of carbonyl (C=O) groups excluding carboxylic acids is 2. The summed E-state index contributed by atoms with van der Waals surface area (Å²) < 4.78 is 0. The van der Waals surface area contributed by atoms with E-state index in [1.165, 1.54) is 0 Å². The molecular weight excluding hydrogens is 328 g/mol. The number of amides is 2. The third-order valence-electron chi connectivity index (χ3n) is 4.68. The second kappa shape index (κ2) is 7.56. The van der Waals surface area contributed by atoms with Crippen LogP contribution in [0.1, 0.15) is 26.7 Å². The van der Waals surface area contributed by atoms with Crippen LogP contribution in [0.5, 0.6) is 0 Å². The molecule has 0 bridgehead atoms. The van der Waals surface area contributed by atoms with E-state index in [4.69, 9.17) is 5.73 Å². The first-order valence-electron chi connectivity index (χ1n) is 8.83. The molecule has 1 atom stereocenters. The molecule has 136 valence electrons. The van der Waals surface area contributed by atoms with E-state index in [-0.39, 0.29) is 23.8 Å². The summed E-state index contributed by atoms with van der Waals surface area (Å²) in [5, 5.41) is 2.87. The number of carbonyl (C=O) groups is 2. The molecule has 6 nitrogen and oxygen atoms in total. The van der Waals surface area contributed by atoms with Gasteiger partial charge in [-0.25, -0.2) is 0 Å². The number of nitrogens with two attached hydrogens (primary N) is 1. The van der Waals surface area contributed by atoms with Crippen molar-refractivity contribution in [1.29, 1.82) is 0 Å². The number of hydrogen-bond donors (Lipinski definition) is 2. The first-order valence-corrected chi connectivity index (χ1v) is 8.83. The van der Waals surface area contributed by atoms with Gasteiger partial charge >= 0.3 is 0 Å². The highest BCUT2D eigenvalue weighted by molar-refractivity contribution is 5.95. The summed E-state index contributed by atoms with van der Waals surface area (Å²) in [4.78, 5) is 30.2. The van der Waals surface area contributed by atoms with Crippen LogP contribution in [0.2, 0.25) is 0 Å². The quantitative estimate of drug-likeness (QED) is 0.810. The fourth-order valence-corrected chi connectivity index (χ4v) is 3.31. The van der Waals surface area contributed by atoms with Crippen molar-refractivity contribution in [3.05, 3.63) is 42.7 Å². The van der Waals surface area contributed by atoms with E-state index < -0.39 is 0 Å². The molecule has 1 aliphatic heterocycles. The third-order valence-corrected chi connectivity index (χ3v) is 4.68. The minimum Gasteiger partial charge on any atom is -0.397 e. The predicted octanol–water partition coefficient (Wildman–Crippen LogP) is 2.92. The van der Waals surface area contributed by atoms with Gasteiger partial charge in [0.2, 0.25) is 11.8 Å². The van der Waals surface area contributed by atoms with Crippen LogP contribution in [-0.4, -0.2) is 34.3 Å². The number of nitrogen functional groups attached to an aromatic ring is 1. The Bertz CT molecular complexity index is 805. The molecule has 3 N–H and O–H groups in total. The molecule has 2 heterocycles. The summed E-state index contributed by atoms with van der Waals surface area (Å²) in [7, 11) is 0. The predicted molar refractivity (Wildman–Crippen MR) is 102 cm³/mol. The molecule has 1 saturated heterocycles. The van der Waals surface area contributed by atoms with Crippen LogP contribution in [0.15, 0.2) is 42.7 Å². The minimum atomic E-state index is -0.114. The van der Waals surface area contributed by atoms with Crippen molar-refractivity contribution in [2.45, 2.75) is 32.7 Å². The molecule has 0 saturated carbocycles. The number of anilines is 2. The van der Waals surface area contributed by atoms with Gasteiger partial charge in [-0.05, 0) is 55.2 Å². The summed E-state index contributed by atoms with van der Waals surface area (Å²) in [6.07, 6.45) is 4.21. The van der Waals surface area contributed by atoms with Crippen molar-refractivity contribution in [3.8, 4) is 11.1 Å². The number of nitrogens with zero attached hydrogens (tertiary/aromatic N) is 2. The molecule has 6 heteroatoms. The van der Waals surface area contributed by atoms with E-state index in [2.05, 4.69) is 10.3 Å². The van der Waals surface area contributed by atoms with E-state index in [1.54, 1.807) is 12.4 Å². The van der Waals surface area contributed by atoms with E-state index in [1.807, 2.05) is 49.1 Å². The smallest absolute Gasteiger partial charge is 0.224 e. The van der Waals surface area contributed by atoms with Crippen LogP contribution in [0.3, 0.4) is 0 Å². The zero-order valence-corrected chi connectivity index (χ0v) is 15.1. The van der Waals surface area contributed by atoms with E-state index in [9.17, 15) is 9.59 Å². The molecule has 26 heavy (non-hydrogen) atoms. The summed E-state index contributed by atoms with van der Waals surface area (Å²) >= 11 is 0. The lowest BCUT2D eigenvalue weighted by Crippen LogP contribution is -2.32. The first-order chi connectivity index (χ1) is 12.4. The highest BCUT2D eigenvalue weighted by atomic mass is 16.2. The monoisotopic (exact) mass is 352 g/mol. The number of likely N-dealkylation sites (tertiary alicyclic amines) is 1.